The molecule has 0 amide bonds. The Kier molecular flexibility index (Phi) is 3.46. The number of hydrogen-bond acceptors (Lipinski definition) is 4. The third-order valence-electron chi connectivity index (χ3n) is 3.79. The van der Waals surface area contributed by atoms with Crippen LogP contribution < -0.4 is 10.6 Å². The zero-order chi connectivity index (χ0) is 13.3. The van der Waals surface area contributed by atoms with Crippen LogP contribution in [0.25, 0.3) is 0 Å². The molecule has 0 bridgehead atoms. The van der Waals surface area contributed by atoms with Crippen LogP contribution in [0.1, 0.15) is 57.3 Å². The van der Waals surface area contributed by atoms with Crippen molar-refractivity contribution >= 4 is 11.6 Å². The number of anilines is 2. The first kappa shape index (κ1) is 13.1. The molecule has 1 aliphatic carbocycles. The topological polar surface area (TPSA) is 49.8 Å². The van der Waals surface area contributed by atoms with E-state index in [0.29, 0.717) is 5.92 Å². The Morgan fingerprint density at radius 3 is 2.22 bits per heavy atom. The second-order valence-electron chi connectivity index (χ2n) is 5.85. The minimum absolute atomic E-state index is 0.221. The van der Waals surface area contributed by atoms with Gasteiger partial charge in [0.05, 0.1) is 0 Å². The minimum Gasteiger partial charge on any atom is -0.373 e. The molecule has 0 atom stereocenters. The number of hydrogen-bond donors (Lipinski definition) is 2. The fourth-order valence-corrected chi connectivity index (χ4v) is 2.28. The van der Waals surface area contributed by atoms with Gasteiger partial charge in [-0.2, -0.15) is 0 Å². The molecule has 1 saturated carbocycles. The maximum absolute atomic E-state index is 4.69. The van der Waals surface area contributed by atoms with Gasteiger partial charge in [0.15, 0.2) is 0 Å². The molecule has 1 heterocycles. The van der Waals surface area contributed by atoms with E-state index in [2.05, 4.69) is 48.3 Å². The zero-order valence-corrected chi connectivity index (χ0v) is 12.1. The molecule has 0 spiro atoms. The van der Waals surface area contributed by atoms with Gasteiger partial charge in [-0.3, -0.25) is 0 Å². The van der Waals surface area contributed by atoms with E-state index in [1.165, 1.54) is 19.3 Å². The summed E-state index contributed by atoms with van der Waals surface area (Å²) < 4.78 is 0. The molecule has 100 valence electrons. The van der Waals surface area contributed by atoms with Gasteiger partial charge in [0.2, 0.25) is 0 Å². The molecular formula is C14H24N4. The minimum atomic E-state index is 0.221. The first-order valence-corrected chi connectivity index (χ1v) is 6.79. The molecule has 4 nitrogen and oxygen atoms in total. The van der Waals surface area contributed by atoms with Gasteiger partial charge in [-0.25, -0.2) is 9.97 Å². The summed E-state index contributed by atoms with van der Waals surface area (Å²) in [4.78, 5) is 9.25. The molecule has 0 aliphatic heterocycles. The number of nitrogens with zero attached hydrogens (tertiary/aromatic N) is 2. The van der Waals surface area contributed by atoms with Crippen LogP contribution >= 0.6 is 0 Å². The van der Waals surface area contributed by atoms with Crippen LogP contribution in [-0.2, 0) is 0 Å². The molecule has 2 N–H and O–H groups in total. The largest absolute Gasteiger partial charge is 0.373 e. The van der Waals surface area contributed by atoms with Crippen LogP contribution in [0.4, 0.5) is 11.6 Å². The van der Waals surface area contributed by atoms with Gasteiger partial charge in [0.25, 0.3) is 0 Å². The predicted octanol–water partition coefficient (Wildman–Crippen LogP) is 3.30. The Morgan fingerprint density at radius 1 is 1.17 bits per heavy atom. The van der Waals surface area contributed by atoms with E-state index in [0.717, 1.165) is 23.0 Å². The highest BCUT2D eigenvalue weighted by molar-refractivity contribution is 5.58. The Morgan fingerprint density at radius 2 is 1.78 bits per heavy atom. The molecule has 0 aromatic carbocycles. The summed E-state index contributed by atoms with van der Waals surface area (Å²) in [6, 6.07) is 0. The normalized spacial score (nSPS) is 17.4. The van der Waals surface area contributed by atoms with E-state index in [9.17, 15) is 0 Å². The van der Waals surface area contributed by atoms with Crippen molar-refractivity contribution in [2.75, 3.05) is 17.7 Å². The molecule has 18 heavy (non-hydrogen) atoms. The summed E-state index contributed by atoms with van der Waals surface area (Å²) in [6.07, 6.45) is 3.76. The third-order valence-corrected chi connectivity index (χ3v) is 3.79. The van der Waals surface area contributed by atoms with Gasteiger partial charge in [0, 0.05) is 24.1 Å². The summed E-state index contributed by atoms with van der Waals surface area (Å²) in [6.45, 7) is 8.59. The van der Waals surface area contributed by atoms with Gasteiger partial charge >= 0.3 is 0 Å². The maximum Gasteiger partial charge on any atom is 0.135 e. The SMILES string of the molecule is CNc1nc(C(C)C)nc(NC2(C)CCC2)c1C. The summed E-state index contributed by atoms with van der Waals surface area (Å²) in [7, 11) is 1.91. The van der Waals surface area contributed by atoms with Gasteiger partial charge in [-0.05, 0) is 33.1 Å². The van der Waals surface area contributed by atoms with Crippen molar-refractivity contribution in [3.63, 3.8) is 0 Å². The summed E-state index contributed by atoms with van der Waals surface area (Å²) >= 11 is 0. The molecule has 4 heteroatoms. The molecule has 1 fully saturated rings. The fraction of sp³-hybridized carbons (Fsp3) is 0.714. The monoisotopic (exact) mass is 248 g/mol. The van der Waals surface area contributed by atoms with Crippen molar-refractivity contribution in [2.24, 2.45) is 0 Å². The molecule has 0 unspecified atom stereocenters. The van der Waals surface area contributed by atoms with Crippen molar-refractivity contribution in [1.82, 2.24) is 9.97 Å². The first-order chi connectivity index (χ1) is 8.45. The second kappa shape index (κ2) is 4.75. The fourth-order valence-electron chi connectivity index (χ4n) is 2.28. The van der Waals surface area contributed by atoms with E-state index in [-0.39, 0.29) is 5.54 Å². The van der Waals surface area contributed by atoms with Crippen molar-refractivity contribution < 1.29 is 0 Å². The molecule has 0 radical (unpaired) electrons. The average molecular weight is 248 g/mol. The third kappa shape index (κ3) is 2.42. The Hall–Kier alpha value is -1.32. The zero-order valence-electron chi connectivity index (χ0n) is 12.1. The molecule has 1 aromatic heterocycles. The van der Waals surface area contributed by atoms with Crippen molar-refractivity contribution in [2.45, 2.75) is 58.4 Å². The lowest BCUT2D eigenvalue weighted by atomic mass is 9.78. The first-order valence-electron chi connectivity index (χ1n) is 6.79. The van der Waals surface area contributed by atoms with Crippen LogP contribution in [0.2, 0.25) is 0 Å². The summed E-state index contributed by atoms with van der Waals surface area (Å²) in [5, 5.41) is 6.76. The number of rotatable bonds is 4. The van der Waals surface area contributed by atoms with E-state index >= 15 is 0 Å². The molecular weight excluding hydrogens is 224 g/mol. The van der Waals surface area contributed by atoms with Crippen molar-refractivity contribution in [3.05, 3.63) is 11.4 Å². The van der Waals surface area contributed by atoms with Gasteiger partial charge in [0.1, 0.15) is 17.5 Å². The number of nitrogens with one attached hydrogen (secondary N) is 2. The van der Waals surface area contributed by atoms with Gasteiger partial charge < -0.3 is 10.6 Å². The van der Waals surface area contributed by atoms with E-state index in [1.54, 1.807) is 0 Å². The summed E-state index contributed by atoms with van der Waals surface area (Å²) in [5.41, 5.74) is 1.33. The molecule has 1 aliphatic rings. The molecule has 1 aromatic rings. The Balaban J connectivity index is 2.35. The van der Waals surface area contributed by atoms with Crippen molar-refractivity contribution in [1.29, 1.82) is 0 Å². The predicted molar refractivity (Wildman–Crippen MR) is 76.3 cm³/mol. The average Bonchev–Trinajstić information content (AvgIpc) is 2.29. The lowest BCUT2D eigenvalue weighted by molar-refractivity contribution is 0.305. The number of aromatic nitrogens is 2. The molecule has 0 saturated heterocycles. The van der Waals surface area contributed by atoms with Crippen LogP contribution in [0, 0.1) is 6.92 Å². The highest BCUT2D eigenvalue weighted by Crippen LogP contribution is 2.36. The molecule has 2 rings (SSSR count). The van der Waals surface area contributed by atoms with Crippen LogP contribution in [0.5, 0.6) is 0 Å². The van der Waals surface area contributed by atoms with Crippen LogP contribution in [0.3, 0.4) is 0 Å². The standard InChI is InChI=1S/C14H24N4/c1-9(2)11-16-12(15-5)10(3)13(17-11)18-14(4)7-6-8-14/h9H,6-8H2,1-5H3,(H2,15,16,17,18). The van der Waals surface area contributed by atoms with Gasteiger partial charge in [-0.1, -0.05) is 13.8 Å². The highest BCUT2D eigenvalue weighted by Gasteiger charge is 2.32. The smallest absolute Gasteiger partial charge is 0.135 e. The van der Waals surface area contributed by atoms with E-state index in [1.807, 2.05) is 7.05 Å². The Labute approximate surface area is 110 Å². The highest BCUT2D eigenvalue weighted by atomic mass is 15.1. The lowest BCUT2D eigenvalue weighted by Crippen LogP contribution is -2.42. The van der Waals surface area contributed by atoms with Crippen LogP contribution in [-0.4, -0.2) is 22.6 Å². The van der Waals surface area contributed by atoms with Crippen LogP contribution in [0.15, 0.2) is 0 Å². The van der Waals surface area contributed by atoms with E-state index < -0.39 is 0 Å². The Bertz CT molecular complexity index is 436. The summed E-state index contributed by atoms with van der Waals surface area (Å²) in [5.74, 6) is 3.15. The van der Waals surface area contributed by atoms with Gasteiger partial charge in [-0.15, -0.1) is 0 Å². The van der Waals surface area contributed by atoms with E-state index in [4.69, 9.17) is 0 Å². The maximum atomic E-state index is 4.69. The van der Waals surface area contributed by atoms with Crippen molar-refractivity contribution in [3.8, 4) is 0 Å². The lowest BCUT2D eigenvalue weighted by Gasteiger charge is -2.40. The quantitative estimate of drug-likeness (QED) is 0.858. The second-order valence-corrected chi connectivity index (χ2v) is 5.85.